The highest BCUT2D eigenvalue weighted by Crippen LogP contribution is 2.26. The number of benzene rings is 1. The molecule has 0 saturated carbocycles. The van der Waals surface area contributed by atoms with Crippen molar-refractivity contribution in [2.45, 2.75) is 12.8 Å². The number of para-hydroxylation sites is 1. The fourth-order valence-corrected chi connectivity index (χ4v) is 1.89. The first-order chi connectivity index (χ1) is 7.33. The van der Waals surface area contributed by atoms with Gasteiger partial charge in [0.2, 0.25) is 0 Å². The zero-order valence-electron chi connectivity index (χ0n) is 8.44. The molecule has 1 aliphatic heterocycles. The molecule has 15 heavy (non-hydrogen) atoms. The summed E-state index contributed by atoms with van der Waals surface area (Å²) in [5.74, 6) is 0.207. The lowest BCUT2D eigenvalue weighted by Gasteiger charge is -2.29. The molecular formula is C12H12N2O. The topological polar surface area (TPSA) is 44.1 Å². The van der Waals surface area contributed by atoms with E-state index in [4.69, 9.17) is 5.26 Å². The average Bonchev–Trinajstić information content (AvgIpc) is 2.29. The van der Waals surface area contributed by atoms with Crippen LogP contribution in [0.4, 0.5) is 5.69 Å². The molecular weight excluding hydrogens is 188 g/mol. The number of hydrogen-bond donors (Lipinski definition) is 0. The van der Waals surface area contributed by atoms with Crippen LogP contribution in [-0.2, 0) is 0 Å². The molecule has 2 rings (SSSR count). The lowest BCUT2D eigenvalue weighted by Crippen LogP contribution is -2.32. The zero-order chi connectivity index (χ0) is 10.7. The summed E-state index contributed by atoms with van der Waals surface area (Å²) in [6.07, 6.45) is 1.06. The second kappa shape index (κ2) is 4.14. The molecule has 1 aromatic carbocycles. The number of fused-ring (bicyclic) bond motifs is 1. The summed E-state index contributed by atoms with van der Waals surface area (Å²) in [5, 5.41) is 8.55. The average molecular weight is 200 g/mol. The maximum absolute atomic E-state index is 11.6. The molecule has 0 amide bonds. The van der Waals surface area contributed by atoms with Gasteiger partial charge < -0.3 is 4.90 Å². The minimum atomic E-state index is 0.207. The molecule has 0 saturated heterocycles. The van der Waals surface area contributed by atoms with Crippen LogP contribution in [0.3, 0.4) is 0 Å². The first-order valence-electron chi connectivity index (χ1n) is 5.07. The van der Waals surface area contributed by atoms with E-state index in [1.165, 1.54) is 0 Å². The van der Waals surface area contributed by atoms with Gasteiger partial charge in [-0.05, 0) is 12.1 Å². The van der Waals surface area contributed by atoms with Crippen molar-refractivity contribution in [2.24, 2.45) is 0 Å². The van der Waals surface area contributed by atoms with E-state index in [1.807, 2.05) is 24.3 Å². The second-order valence-corrected chi connectivity index (χ2v) is 3.59. The van der Waals surface area contributed by atoms with E-state index in [9.17, 15) is 4.79 Å². The number of anilines is 1. The Bertz CT molecular complexity index is 420. The summed E-state index contributed by atoms with van der Waals surface area (Å²) in [6.45, 7) is 1.44. The fraction of sp³-hybridized carbons (Fsp3) is 0.333. The standard InChI is InChI=1S/C12H12N2O/c13-7-3-8-14-9-6-12(15)10-4-1-2-5-11(10)14/h1-2,4-5H,3,6,8-9H2. The number of hydrogen-bond acceptors (Lipinski definition) is 3. The lowest BCUT2D eigenvalue weighted by atomic mass is 10.0. The Labute approximate surface area is 88.9 Å². The Morgan fingerprint density at radius 2 is 2.20 bits per heavy atom. The summed E-state index contributed by atoms with van der Waals surface area (Å²) >= 11 is 0. The van der Waals surface area contributed by atoms with Gasteiger partial charge in [0, 0.05) is 30.8 Å². The summed E-state index contributed by atoms with van der Waals surface area (Å²) in [6, 6.07) is 9.74. The van der Waals surface area contributed by atoms with Gasteiger partial charge in [-0.3, -0.25) is 4.79 Å². The molecule has 1 heterocycles. The van der Waals surface area contributed by atoms with E-state index in [0.717, 1.165) is 17.8 Å². The molecule has 3 heteroatoms. The van der Waals surface area contributed by atoms with Crippen LogP contribution in [0.25, 0.3) is 0 Å². The van der Waals surface area contributed by atoms with Gasteiger partial charge in [0.05, 0.1) is 12.5 Å². The monoisotopic (exact) mass is 200 g/mol. The third-order valence-corrected chi connectivity index (χ3v) is 2.65. The Morgan fingerprint density at radius 3 is 3.00 bits per heavy atom. The highest BCUT2D eigenvalue weighted by atomic mass is 16.1. The van der Waals surface area contributed by atoms with E-state index in [-0.39, 0.29) is 5.78 Å². The quantitative estimate of drug-likeness (QED) is 0.733. The number of nitrogens with zero attached hydrogens (tertiary/aromatic N) is 2. The highest BCUT2D eigenvalue weighted by molar-refractivity contribution is 6.03. The number of carbonyl (C=O) groups excluding carboxylic acids is 1. The number of carbonyl (C=O) groups is 1. The predicted molar refractivity (Wildman–Crippen MR) is 57.8 cm³/mol. The van der Waals surface area contributed by atoms with Gasteiger partial charge in [-0.1, -0.05) is 12.1 Å². The Kier molecular flexibility index (Phi) is 2.68. The van der Waals surface area contributed by atoms with Gasteiger partial charge in [0.25, 0.3) is 0 Å². The summed E-state index contributed by atoms with van der Waals surface area (Å²) in [5.41, 5.74) is 1.77. The molecule has 0 radical (unpaired) electrons. The zero-order valence-corrected chi connectivity index (χ0v) is 8.44. The third-order valence-electron chi connectivity index (χ3n) is 2.65. The van der Waals surface area contributed by atoms with Crippen molar-refractivity contribution in [1.29, 1.82) is 5.26 Å². The van der Waals surface area contributed by atoms with E-state index in [2.05, 4.69) is 11.0 Å². The maximum atomic E-state index is 11.6. The number of Topliss-reactive ketones (excluding diaryl/α,β-unsaturated/α-hetero) is 1. The van der Waals surface area contributed by atoms with Crippen molar-refractivity contribution in [3.8, 4) is 6.07 Å². The molecule has 0 aliphatic carbocycles. The van der Waals surface area contributed by atoms with Gasteiger partial charge >= 0.3 is 0 Å². The number of ketones is 1. The minimum absolute atomic E-state index is 0.207. The molecule has 0 bridgehead atoms. The molecule has 3 nitrogen and oxygen atoms in total. The third kappa shape index (κ3) is 1.84. The second-order valence-electron chi connectivity index (χ2n) is 3.59. The molecule has 1 aliphatic rings. The molecule has 0 spiro atoms. The van der Waals surface area contributed by atoms with Crippen LogP contribution in [0.5, 0.6) is 0 Å². The summed E-state index contributed by atoms with van der Waals surface area (Å²) in [7, 11) is 0. The smallest absolute Gasteiger partial charge is 0.166 e. The maximum Gasteiger partial charge on any atom is 0.166 e. The van der Waals surface area contributed by atoms with Crippen LogP contribution in [0.15, 0.2) is 24.3 Å². The van der Waals surface area contributed by atoms with Crippen LogP contribution in [0, 0.1) is 11.3 Å². The van der Waals surface area contributed by atoms with E-state index >= 15 is 0 Å². The normalized spacial score (nSPS) is 14.6. The molecule has 0 fully saturated rings. The van der Waals surface area contributed by atoms with E-state index < -0.39 is 0 Å². The van der Waals surface area contributed by atoms with Crippen molar-refractivity contribution in [1.82, 2.24) is 0 Å². The Hall–Kier alpha value is -1.82. The first kappa shape index (κ1) is 9.72. The highest BCUT2D eigenvalue weighted by Gasteiger charge is 2.21. The SMILES string of the molecule is N#CCCN1CCC(=O)c2ccccc21. The van der Waals surface area contributed by atoms with Crippen LogP contribution in [0.1, 0.15) is 23.2 Å². The summed E-state index contributed by atoms with van der Waals surface area (Å²) < 4.78 is 0. The van der Waals surface area contributed by atoms with Crippen molar-refractivity contribution in [2.75, 3.05) is 18.0 Å². The number of nitriles is 1. The van der Waals surface area contributed by atoms with Gasteiger partial charge in [-0.15, -0.1) is 0 Å². The predicted octanol–water partition coefficient (Wildman–Crippen LogP) is 1.99. The molecule has 0 N–H and O–H groups in total. The largest absolute Gasteiger partial charge is 0.369 e. The van der Waals surface area contributed by atoms with Crippen LogP contribution in [0.2, 0.25) is 0 Å². The first-order valence-corrected chi connectivity index (χ1v) is 5.07. The van der Waals surface area contributed by atoms with Gasteiger partial charge in [-0.2, -0.15) is 5.26 Å². The van der Waals surface area contributed by atoms with Crippen LogP contribution >= 0.6 is 0 Å². The molecule has 1 aromatic rings. The van der Waals surface area contributed by atoms with Crippen LogP contribution < -0.4 is 4.90 Å². The summed E-state index contributed by atoms with van der Waals surface area (Å²) in [4.78, 5) is 13.7. The van der Waals surface area contributed by atoms with Crippen molar-refractivity contribution in [3.63, 3.8) is 0 Å². The molecule has 0 aromatic heterocycles. The minimum Gasteiger partial charge on any atom is -0.369 e. The molecule has 0 unspecified atom stereocenters. The van der Waals surface area contributed by atoms with Crippen molar-refractivity contribution >= 4 is 11.5 Å². The number of rotatable bonds is 2. The lowest BCUT2D eigenvalue weighted by molar-refractivity contribution is 0.0980. The van der Waals surface area contributed by atoms with Crippen LogP contribution in [-0.4, -0.2) is 18.9 Å². The molecule has 76 valence electrons. The van der Waals surface area contributed by atoms with E-state index in [0.29, 0.717) is 19.4 Å². The Balaban J connectivity index is 2.28. The Morgan fingerprint density at radius 1 is 1.40 bits per heavy atom. The molecule has 0 atom stereocenters. The van der Waals surface area contributed by atoms with Gasteiger partial charge in [0.1, 0.15) is 0 Å². The fourth-order valence-electron chi connectivity index (χ4n) is 1.89. The van der Waals surface area contributed by atoms with Crippen molar-refractivity contribution < 1.29 is 4.79 Å². The van der Waals surface area contributed by atoms with Gasteiger partial charge in [0.15, 0.2) is 5.78 Å². The van der Waals surface area contributed by atoms with Crippen molar-refractivity contribution in [3.05, 3.63) is 29.8 Å². The van der Waals surface area contributed by atoms with E-state index in [1.54, 1.807) is 0 Å². The van der Waals surface area contributed by atoms with Gasteiger partial charge in [-0.25, -0.2) is 0 Å².